The molecule has 5 heteroatoms. The van der Waals surface area contributed by atoms with Gasteiger partial charge < -0.3 is 15.4 Å². The number of carbonyl (C=O) groups excluding carboxylic acids is 1. The Morgan fingerprint density at radius 1 is 1.30 bits per heavy atom. The molecule has 5 nitrogen and oxygen atoms in total. The first-order valence-corrected chi connectivity index (χ1v) is 8.08. The van der Waals surface area contributed by atoms with E-state index in [0.717, 1.165) is 29.3 Å². The molecule has 1 amide bonds. The first-order valence-electron chi connectivity index (χ1n) is 8.08. The van der Waals surface area contributed by atoms with Crippen LogP contribution in [0, 0.1) is 0 Å². The topological polar surface area (TPSA) is 82.2 Å². The third-order valence-corrected chi connectivity index (χ3v) is 4.03. The molecule has 0 radical (unpaired) electrons. The summed E-state index contributed by atoms with van der Waals surface area (Å²) in [6.45, 7) is 6.45. The fourth-order valence-corrected chi connectivity index (χ4v) is 2.60. The van der Waals surface area contributed by atoms with E-state index in [1.165, 1.54) is 0 Å². The Labute approximate surface area is 136 Å². The lowest BCUT2D eigenvalue weighted by atomic mass is 10.00. The highest BCUT2D eigenvalue weighted by Crippen LogP contribution is 2.26. The molecule has 0 saturated heterocycles. The largest absolute Gasteiger partial charge is 0.477 e. The number of rotatable bonds is 7. The van der Waals surface area contributed by atoms with Crippen molar-refractivity contribution in [2.45, 2.75) is 52.5 Å². The number of hydrogen-bond donors (Lipinski definition) is 3. The first-order chi connectivity index (χ1) is 10.9. The van der Waals surface area contributed by atoms with E-state index in [2.05, 4.69) is 24.1 Å². The minimum absolute atomic E-state index is 0.0439. The second-order valence-corrected chi connectivity index (χ2v) is 6.12. The molecule has 2 rings (SSSR count). The van der Waals surface area contributed by atoms with E-state index in [-0.39, 0.29) is 18.1 Å². The van der Waals surface area contributed by atoms with E-state index in [1.54, 1.807) is 0 Å². The van der Waals surface area contributed by atoms with Gasteiger partial charge >= 0.3 is 5.97 Å². The molecule has 0 spiro atoms. The molecule has 124 valence electrons. The fraction of sp³-hybridized carbons (Fsp3) is 0.444. The third-order valence-electron chi connectivity index (χ3n) is 4.03. The number of benzene rings is 1. The van der Waals surface area contributed by atoms with Gasteiger partial charge in [0.1, 0.15) is 5.69 Å². The molecule has 0 bridgehead atoms. The van der Waals surface area contributed by atoms with Crippen LogP contribution in [0.5, 0.6) is 0 Å². The number of nitrogens with one attached hydrogen (secondary N) is 2. The Balaban J connectivity index is 2.34. The summed E-state index contributed by atoms with van der Waals surface area (Å²) in [6, 6.07) is 5.91. The molecular formula is C18H24N2O3. The molecule has 1 heterocycles. The maximum Gasteiger partial charge on any atom is 0.352 e. The summed E-state index contributed by atoms with van der Waals surface area (Å²) in [5.74, 6) is -0.697. The molecule has 2 aromatic rings. The molecule has 0 atom stereocenters. The van der Waals surface area contributed by atoms with Crippen molar-refractivity contribution in [3.05, 3.63) is 35.0 Å². The van der Waals surface area contributed by atoms with Crippen LogP contribution in [-0.4, -0.2) is 22.0 Å². The van der Waals surface area contributed by atoms with Crippen molar-refractivity contribution in [3.8, 4) is 0 Å². The number of aromatic nitrogens is 1. The summed E-state index contributed by atoms with van der Waals surface area (Å²) in [6.07, 6.45) is 2.26. The highest BCUT2D eigenvalue weighted by Gasteiger charge is 2.18. The van der Waals surface area contributed by atoms with Crippen LogP contribution in [0.4, 0.5) is 0 Å². The quantitative estimate of drug-likeness (QED) is 0.726. The molecular weight excluding hydrogens is 292 g/mol. The number of hydrogen-bond acceptors (Lipinski definition) is 2. The van der Waals surface area contributed by atoms with E-state index in [4.69, 9.17) is 0 Å². The predicted octanol–water partition coefficient (Wildman–Crippen LogP) is 3.80. The summed E-state index contributed by atoms with van der Waals surface area (Å²) in [7, 11) is 0. The second kappa shape index (κ2) is 7.31. The van der Waals surface area contributed by atoms with Gasteiger partial charge in [0.05, 0.1) is 0 Å². The normalized spacial score (nSPS) is 11.1. The van der Waals surface area contributed by atoms with E-state index in [1.807, 2.05) is 25.1 Å². The van der Waals surface area contributed by atoms with Gasteiger partial charge in [0.25, 0.3) is 0 Å². The second-order valence-electron chi connectivity index (χ2n) is 6.12. The molecule has 0 aliphatic heterocycles. The van der Waals surface area contributed by atoms with Crippen molar-refractivity contribution in [3.63, 3.8) is 0 Å². The van der Waals surface area contributed by atoms with Crippen LogP contribution >= 0.6 is 0 Å². The Morgan fingerprint density at radius 3 is 2.65 bits per heavy atom. The number of unbranched alkanes of at least 4 members (excludes halogenated alkanes) is 1. The SMILES string of the molecule is CCCCC(=O)NCc1c(C(=O)O)[nH]c2ccc(C(C)C)cc12. The maximum atomic E-state index is 11.8. The van der Waals surface area contributed by atoms with Crippen LogP contribution < -0.4 is 5.32 Å². The number of fused-ring (bicyclic) bond motifs is 1. The zero-order valence-corrected chi connectivity index (χ0v) is 13.9. The van der Waals surface area contributed by atoms with Crippen molar-refractivity contribution < 1.29 is 14.7 Å². The Morgan fingerprint density at radius 2 is 2.04 bits per heavy atom. The lowest BCUT2D eigenvalue weighted by Gasteiger charge is -2.08. The lowest BCUT2D eigenvalue weighted by Crippen LogP contribution is -2.23. The molecule has 0 fully saturated rings. The number of aromatic carboxylic acids is 1. The highest BCUT2D eigenvalue weighted by atomic mass is 16.4. The van der Waals surface area contributed by atoms with Gasteiger partial charge in [-0.05, 0) is 30.0 Å². The molecule has 1 aromatic heterocycles. The van der Waals surface area contributed by atoms with Crippen LogP contribution in [0.15, 0.2) is 18.2 Å². The van der Waals surface area contributed by atoms with E-state index >= 15 is 0 Å². The van der Waals surface area contributed by atoms with Gasteiger partial charge in [-0.1, -0.05) is 33.3 Å². The van der Waals surface area contributed by atoms with Crippen molar-refractivity contribution >= 4 is 22.8 Å². The minimum atomic E-state index is -1.01. The minimum Gasteiger partial charge on any atom is -0.477 e. The van der Waals surface area contributed by atoms with Crippen LogP contribution in [0.2, 0.25) is 0 Å². The average Bonchev–Trinajstić information content (AvgIpc) is 2.88. The number of carboxylic acid groups (broad SMARTS) is 1. The van der Waals surface area contributed by atoms with Gasteiger partial charge in [-0.3, -0.25) is 4.79 Å². The van der Waals surface area contributed by atoms with Crippen molar-refractivity contribution in [2.24, 2.45) is 0 Å². The number of carboxylic acids is 1. The van der Waals surface area contributed by atoms with Gasteiger partial charge in [-0.2, -0.15) is 0 Å². The maximum absolute atomic E-state index is 11.8. The number of carbonyl (C=O) groups is 2. The first kappa shape index (κ1) is 17.1. The smallest absolute Gasteiger partial charge is 0.352 e. The Kier molecular flexibility index (Phi) is 5.42. The summed E-state index contributed by atoms with van der Waals surface area (Å²) >= 11 is 0. The van der Waals surface area contributed by atoms with Gasteiger partial charge in [0.2, 0.25) is 5.91 Å². The van der Waals surface area contributed by atoms with Crippen molar-refractivity contribution in [2.75, 3.05) is 0 Å². The molecule has 23 heavy (non-hydrogen) atoms. The Hall–Kier alpha value is -2.30. The monoisotopic (exact) mass is 316 g/mol. The molecule has 3 N–H and O–H groups in total. The lowest BCUT2D eigenvalue weighted by molar-refractivity contribution is -0.121. The van der Waals surface area contributed by atoms with Gasteiger partial charge in [-0.15, -0.1) is 0 Å². The predicted molar refractivity (Wildman–Crippen MR) is 90.7 cm³/mol. The zero-order chi connectivity index (χ0) is 17.0. The third kappa shape index (κ3) is 3.92. The number of aromatic amines is 1. The summed E-state index contributed by atoms with van der Waals surface area (Å²) < 4.78 is 0. The van der Waals surface area contributed by atoms with E-state index in [9.17, 15) is 14.7 Å². The van der Waals surface area contributed by atoms with Crippen LogP contribution in [0.25, 0.3) is 10.9 Å². The van der Waals surface area contributed by atoms with E-state index in [0.29, 0.717) is 17.9 Å². The molecule has 0 saturated carbocycles. The highest BCUT2D eigenvalue weighted by molar-refractivity contribution is 5.97. The summed E-state index contributed by atoms with van der Waals surface area (Å²) in [5, 5.41) is 13.1. The molecule has 0 unspecified atom stereocenters. The zero-order valence-electron chi connectivity index (χ0n) is 13.9. The van der Waals surface area contributed by atoms with Gasteiger partial charge in [0.15, 0.2) is 0 Å². The number of amides is 1. The van der Waals surface area contributed by atoms with Gasteiger partial charge in [0, 0.05) is 29.4 Å². The molecule has 1 aromatic carbocycles. The number of H-pyrrole nitrogens is 1. The van der Waals surface area contributed by atoms with Crippen molar-refractivity contribution in [1.29, 1.82) is 0 Å². The Bertz CT molecular complexity index is 716. The molecule has 0 aliphatic rings. The van der Waals surface area contributed by atoms with Crippen LogP contribution in [0.1, 0.15) is 67.6 Å². The summed E-state index contributed by atoms with van der Waals surface area (Å²) in [4.78, 5) is 26.2. The molecule has 0 aliphatic carbocycles. The van der Waals surface area contributed by atoms with Crippen LogP contribution in [0.3, 0.4) is 0 Å². The average molecular weight is 316 g/mol. The summed E-state index contributed by atoms with van der Waals surface area (Å²) in [5.41, 5.74) is 2.72. The standard InChI is InChI=1S/C18H24N2O3/c1-4-5-6-16(21)19-10-14-13-9-12(11(2)3)7-8-15(13)20-17(14)18(22)23/h7-9,11,20H,4-6,10H2,1-3H3,(H,19,21)(H,22,23). The van der Waals surface area contributed by atoms with Crippen LogP contribution in [-0.2, 0) is 11.3 Å². The van der Waals surface area contributed by atoms with Gasteiger partial charge in [-0.25, -0.2) is 4.79 Å². The fourth-order valence-electron chi connectivity index (χ4n) is 2.60. The van der Waals surface area contributed by atoms with Crippen molar-refractivity contribution in [1.82, 2.24) is 10.3 Å². The van der Waals surface area contributed by atoms with E-state index < -0.39 is 5.97 Å².